The van der Waals surface area contributed by atoms with Crippen LogP contribution in [0.1, 0.15) is 31.4 Å². The average Bonchev–Trinajstić information content (AvgIpc) is 2.35. The van der Waals surface area contributed by atoms with Crippen molar-refractivity contribution in [2.45, 2.75) is 25.9 Å². The Morgan fingerprint density at radius 1 is 1.25 bits per heavy atom. The predicted octanol–water partition coefficient (Wildman–Crippen LogP) is 3.99. The Hall–Kier alpha value is -0.290. The number of ether oxygens (including phenoxy) is 2. The molecule has 16 heavy (non-hydrogen) atoms. The zero-order valence-electron chi connectivity index (χ0n) is 9.91. The van der Waals surface area contributed by atoms with E-state index in [1.165, 1.54) is 12.0 Å². The third-order valence-corrected chi connectivity index (χ3v) is 3.24. The van der Waals surface area contributed by atoms with Gasteiger partial charge in [-0.1, -0.05) is 48.1 Å². The molecule has 90 valence electrons. The smallest absolute Gasteiger partial charge is 0.118 e. The molecule has 0 aliphatic heterocycles. The third-order valence-electron chi connectivity index (χ3n) is 2.44. The summed E-state index contributed by atoms with van der Waals surface area (Å²) in [5.74, 6) is 0.893. The van der Waals surface area contributed by atoms with Crippen molar-refractivity contribution in [1.29, 1.82) is 0 Å². The fraction of sp³-hybridized carbons (Fsp3) is 0.538. The van der Waals surface area contributed by atoms with Gasteiger partial charge in [0.2, 0.25) is 0 Å². The average molecular weight is 334 g/mol. The molecular formula is C13H19IO2. The summed E-state index contributed by atoms with van der Waals surface area (Å²) in [6.45, 7) is 3.02. The standard InChI is InChI=1S/C13H19IO2/c1-3-4-9-16-13(10-14)11-5-7-12(15-2)8-6-11/h5-8,13H,3-4,9-10H2,1-2H3. The van der Waals surface area contributed by atoms with Crippen molar-refractivity contribution < 1.29 is 9.47 Å². The molecule has 0 aliphatic rings. The molecule has 0 saturated heterocycles. The molecule has 0 N–H and O–H groups in total. The van der Waals surface area contributed by atoms with Gasteiger partial charge in [-0.15, -0.1) is 0 Å². The first-order valence-electron chi connectivity index (χ1n) is 5.63. The van der Waals surface area contributed by atoms with Crippen LogP contribution in [-0.4, -0.2) is 18.1 Å². The number of alkyl halides is 1. The fourth-order valence-corrected chi connectivity index (χ4v) is 2.18. The SMILES string of the molecule is CCCCOC(CI)c1ccc(OC)cc1. The predicted molar refractivity (Wildman–Crippen MR) is 75.5 cm³/mol. The molecule has 0 aromatic heterocycles. The lowest BCUT2D eigenvalue weighted by Gasteiger charge is -2.16. The van der Waals surface area contributed by atoms with Gasteiger partial charge < -0.3 is 9.47 Å². The van der Waals surface area contributed by atoms with Crippen LogP contribution in [0.2, 0.25) is 0 Å². The van der Waals surface area contributed by atoms with E-state index in [1.807, 2.05) is 12.1 Å². The molecule has 0 amide bonds. The summed E-state index contributed by atoms with van der Waals surface area (Å²) in [5.41, 5.74) is 1.23. The summed E-state index contributed by atoms with van der Waals surface area (Å²) < 4.78 is 12.0. The van der Waals surface area contributed by atoms with E-state index in [2.05, 4.69) is 41.6 Å². The molecule has 0 heterocycles. The van der Waals surface area contributed by atoms with Gasteiger partial charge in [0.25, 0.3) is 0 Å². The lowest BCUT2D eigenvalue weighted by Crippen LogP contribution is -2.06. The molecule has 0 fully saturated rings. The highest BCUT2D eigenvalue weighted by Crippen LogP contribution is 2.22. The van der Waals surface area contributed by atoms with Gasteiger partial charge in [-0.25, -0.2) is 0 Å². The normalized spacial score (nSPS) is 12.4. The molecular weight excluding hydrogens is 315 g/mol. The molecule has 2 nitrogen and oxygen atoms in total. The van der Waals surface area contributed by atoms with E-state index in [1.54, 1.807) is 7.11 Å². The van der Waals surface area contributed by atoms with Crippen LogP contribution in [0.15, 0.2) is 24.3 Å². The van der Waals surface area contributed by atoms with Crippen LogP contribution in [0.25, 0.3) is 0 Å². The minimum absolute atomic E-state index is 0.207. The molecule has 0 bridgehead atoms. The fourth-order valence-electron chi connectivity index (χ4n) is 1.42. The number of hydrogen-bond donors (Lipinski definition) is 0. The maximum absolute atomic E-state index is 5.84. The summed E-state index contributed by atoms with van der Waals surface area (Å²) in [6.07, 6.45) is 2.51. The number of hydrogen-bond acceptors (Lipinski definition) is 2. The molecule has 0 radical (unpaired) electrons. The summed E-state index contributed by atoms with van der Waals surface area (Å²) in [5, 5.41) is 0. The van der Waals surface area contributed by atoms with Gasteiger partial charge in [-0.2, -0.15) is 0 Å². The second kappa shape index (κ2) is 7.90. The van der Waals surface area contributed by atoms with Crippen molar-refractivity contribution in [3.8, 4) is 5.75 Å². The third kappa shape index (κ3) is 4.29. The Morgan fingerprint density at radius 3 is 2.44 bits per heavy atom. The Balaban J connectivity index is 2.56. The Labute approximate surface area is 111 Å². The quantitative estimate of drug-likeness (QED) is 0.426. The highest BCUT2D eigenvalue weighted by atomic mass is 127. The van der Waals surface area contributed by atoms with Crippen LogP contribution in [-0.2, 0) is 4.74 Å². The molecule has 1 unspecified atom stereocenters. The van der Waals surface area contributed by atoms with E-state index in [-0.39, 0.29) is 6.10 Å². The van der Waals surface area contributed by atoms with Crippen LogP contribution in [0.5, 0.6) is 5.75 Å². The number of unbranched alkanes of at least 4 members (excludes halogenated alkanes) is 1. The molecule has 1 atom stereocenters. The first kappa shape index (κ1) is 13.8. The van der Waals surface area contributed by atoms with Crippen molar-refractivity contribution >= 4 is 22.6 Å². The van der Waals surface area contributed by atoms with Crippen LogP contribution in [0.3, 0.4) is 0 Å². The van der Waals surface area contributed by atoms with Crippen LogP contribution in [0.4, 0.5) is 0 Å². The van der Waals surface area contributed by atoms with Crippen molar-refractivity contribution in [2.75, 3.05) is 18.1 Å². The first-order valence-corrected chi connectivity index (χ1v) is 7.15. The maximum Gasteiger partial charge on any atom is 0.118 e. The van der Waals surface area contributed by atoms with E-state index in [0.717, 1.165) is 23.2 Å². The monoisotopic (exact) mass is 334 g/mol. The van der Waals surface area contributed by atoms with Gasteiger partial charge in [0.1, 0.15) is 5.75 Å². The summed E-state index contributed by atoms with van der Waals surface area (Å²) in [7, 11) is 1.68. The first-order chi connectivity index (χ1) is 7.81. The van der Waals surface area contributed by atoms with Gasteiger partial charge in [-0.05, 0) is 24.1 Å². The van der Waals surface area contributed by atoms with Gasteiger partial charge in [0, 0.05) is 11.0 Å². The Kier molecular flexibility index (Phi) is 6.80. The van der Waals surface area contributed by atoms with E-state index in [4.69, 9.17) is 9.47 Å². The summed E-state index contributed by atoms with van der Waals surface area (Å²) in [6, 6.07) is 8.12. The zero-order chi connectivity index (χ0) is 11.8. The van der Waals surface area contributed by atoms with Crippen LogP contribution in [0, 0.1) is 0 Å². The minimum atomic E-state index is 0.207. The lowest BCUT2D eigenvalue weighted by molar-refractivity contribution is 0.0688. The second-order valence-electron chi connectivity index (χ2n) is 3.64. The highest BCUT2D eigenvalue weighted by molar-refractivity contribution is 14.1. The largest absolute Gasteiger partial charge is 0.497 e. The summed E-state index contributed by atoms with van der Waals surface area (Å²) >= 11 is 2.37. The zero-order valence-corrected chi connectivity index (χ0v) is 12.1. The molecule has 1 rings (SSSR count). The number of halogens is 1. The Bertz CT molecular complexity index is 284. The van der Waals surface area contributed by atoms with Gasteiger partial charge in [0.05, 0.1) is 13.2 Å². The van der Waals surface area contributed by atoms with E-state index in [9.17, 15) is 0 Å². The molecule has 0 aliphatic carbocycles. The molecule has 3 heteroatoms. The molecule has 0 saturated carbocycles. The van der Waals surface area contributed by atoms with Gasteiger partial charge in [-0.3, -0.25) is 0 Å². The van der Waals surface area contributed by atoms with Crippen LogP contribution >= 0.6 is 22.6 Å². The summed E-state index contributed by atoms with van der Waals surface area (Å²) in [4.78, 5) is 0. The van der Waals surface area contributed by atoms with Gasteiger partial charge in [0.15, 0.2) is 0 Å². The Morgan fingerprint density at radius 2 is 1.94 bits per heavy atom. The topological polar surface area (TPSA) is 18.5 Å². The second-order valence-corrected chi connectivity index (χ2v) is 4.52. The van der Waals surface area contributed by atoms with Crippen molar-refractivity contribution in [2.24, 2.45) is 0 Å². The van der Waals surface area contributed by atoms with Crippen molar-refractivity contribution in [3.63, 3.8) is 0 Å². The van der Waals surface area contributed by atoms with Gasteiger partial charge >= 0.3 is 0 Å². The molecule has 1 aromatic rings. The highest BCUT2D eigenvalue weighted by Gasteiger charge is 2.09. The lowest BCUT2D eigenvalue weighted by atomic mass is 10.1. The van der Waals surface area contributed by atoms with Crippen molar-refractivity contribution in [1.82, 2.24) is 0 Å². The number of rotatable bonds is 7. The molecule has 0 spiro atoms. The number of methoxy groups -OCH3 is 1. The van der Waals surface area contributed by atoms with E-state index >= 15 is 0 Å². The van der Waals surface area contributed by atoms with E-state index < -0.39 is 0 Å². The van der Waals surface area contributed by atoms with Crippen molar-refractivity contribution in [3.05, 3.63) is 29.8 Å². The van der Waals surface area contributed by atoms with E-state index in [0.29, 0.717) is 0 Å². The minimum Gasteiger partial charge on any atom is -0.497 e. The maximum atomic E-state index is 5.84. The molecule has 1 aromatic carbocycles. The van der Waals surface area contributed by atoms with Crippen LogP contribution < -0.4 is 4.74 Å². The number of benzene rings is 1.